The zero-order chi connectivity index (χ0) is 24.7. The van der Waals surface area contributed by atoms with E-state index in [1.165, 1.54) is 11.2 Å². The Bertz CT molecular complexity index is 1370. The van der Waals surface area contributed by atoms with E-state index in [4.69, 9.17) is 4.74 Å². The van der Waals surface area contributed by atoms with Gasteiger partial charge < -0.3 is 9.84 Å². The van der Waals surface area contributed by atoms with E-state index in [9.17, 15) is 18.3 Å². The predicted molar refractivity (Wildman–Crippen MR) is 130 cm³/mol. The molecule has 0 spiro atoms. The van der Waals surface area contributed by atoms with Gasteiger partial charge in [0.1, 0.15) is 15.6 Å². The van der Waals surface area contributed by atoms with E-state index in [-0.39, 0.29) is 24.3 Å². The fourth-order valence-corrected chi connectivity index (χ4v) is 4.94. The molecule has 2 aromatic heterocycles. The molecular weight excluding hydrogens is 470 g/mol. The van der Waals surface area contributed by atoms with E-state index in [1.807, 2.05) is 6.92 Å². The molecule has 10 nitrogen and oxygen atoms in total. The Morgan fingerprint density at radius 2 is 1.91 bits per heavy atom. The molecule has 0 unspecified atom stereocenters. The lowest BCUT2D eigenvalue weighted by Crippen LogP contribution is -2.41. The van der Waals surface area contributed by atoms with Crippen LogP contribution < -0.4 is 9.64 Å². The summed E-state index contributed by atoms with van der Waals surface area (Å²) in [5.41, 5.74) is 3.87. The van der Waals surface area contributed by atoms with Crippen LogP contribution in [0.4, 0.5) is 10.5 Å². The first-order valence-electron chi connectivity index (χ1n) is 11.6. The number of hydrogen-bond acceptors (Lipinski definition) is 7. The molecule has 1 aromatic carbocycles. The minimum Gasteiger partial charge on any atom is -0.465 e. The van der Waals surface area contributed by atoms with Gasteiger partial charge in [0, 0.05) is 47.6 Å². The van der Waals surface area contributed by atoms with Crippen LogP contribution >= 0.6 is 0 Å². The maximum absolute atomic E-state index is 12.0. The molecule has 35 heavy (non-hydrogen) atoms. The smallest absolute Gasteiger partial charge is 0.412 e. The molecule has 0 saturated heterocycles. The molecule has 1 N–H and O–H groups in total. The van der Waals surface area contributed by atoms with Crippen molar-refractivity contribution in [2.75, 3.05) is 16.9 Å². The molecule has 2 aliphatic rings. The van der Waals surface area contributed by atoms with Crippen LogP contribution in [0.5, 0.6) is 11.8 Å². The molecule has 1 saturated carbocycles. The van der Waals surface area contributed by atoms with Crippen molar-refractivity contribution in [1.82, 2.24) is 19.7 Å². The van der Waals surface area contributed by atoms with Gasteiger partial charge in [0.2, 0.25) is 0 Å². The highest BCUT2D eigenvalue weighted by Crippen LogP contribution is 2.44. The molecule has 1 amide bonds. The summed E-state index contributed by atoms with van der Waals surface area (Å²) < 4.78 is 30.9. The van der Waals surface area contributed by atoms with Gasteiger partial charge in [-0.1, -0.05) is 0 Å². The van der Waals surface area contributed by atoms with E-state index >= 15 is 0 Å². The summed E-state index contributed by atoms with van der Waals surface area (Å²) in [5.74, 6) is 0.990. The van der Waals surface area contributed by atoms with Crippen LogP contribution in [0.1, 0.15) is 43.2 Å². The number of ether oxygens (including phenoxy) is 1. The number of nitrogens with zero attached hydrogens (tertiary/aromatic N) is 5. The average Bonchev–Trinajstić information content (AvgIpc) is 3.55. The third-order valence-electron chi connectivity index (χ3n) is 6.48. The van der Waals surface area contributed by atoms with Crippen molar-refractivity contribution in [2.24, 2.45) is 0 Å². The first-order valence-corrected chi connectivity index (χ1v) is 13.6. The van der Waals surface area contributed by atoms with E-state index in [0.717, 1.165) is 29.5 Å². The monoisotopic (exact) mass is 497 g/mol. The number of rotatable bonds is 7. The van der Waals surface area contributed by atoms with Gasteiger partial charge in [-0.2, -0.15) is 5.10 Å². The van der Waals surface area contributed by atoms with Gasteiger partial charge in [-0.25, -0.2) is 23.2 Å². The highest BCUT2D eigenvalue weighted by Gasteiger charge is 2.32. The topological polar surface area (TPSA) is 128 Å². The van der Waals surface area contributed by atoms with Crippen molar-refractivity contribution in [1.29, 1.82) is 0 Å². The lowest BCUT2D eigenvalue weighted by atomic mass is 9.92. The molecule has 184 valence electrons. The number of sulfone groups is 1. The maximum atomic E-state index is 12.0. The Hall–Kier alpha value is -3.47. The fourth-order valence-electron chi connectivity index (χ4n) is 4.42. The van der Waals surface area contributed by atoms with Crippen LogP contribution in [-0.4, -0.2) is 57.4 Å². The van der Waals surface area contributed by atoms with Crippen LogP contribution in [0, 0.1) is 0 Å². The van der Waals surface area contributed by atoms with Gasteiger partial charge >= 0.3 is 12.1 Å². The summed E-state index contributed by atoms with van der Waals surface area (Å²) in [5, 5.41) is 14.1. The van der Waals surface area contributed by atoms with Crippen LogP contribution in [0.2, 0.25) is 0 Å². The minimum absolute atomic E-state index is 0.0195. The Kier molecular flexibility index (Phi) is 5.96. The Labute approximate surface area is 203 Å². The summed E-state index contributed by atoms with van der Waals surface area (Å²) in [6.45, 7) is 2.12. The normalized spacial score (nSPS) is 17.8. The predicted octanol–water partition coefficient (Wildman–Crippen LogP) is 3.87. The van der Waals surface area contributed by atoms with Crippen molar-refractivity contribution in [3.8, 4) is 22.9 Å². The first-order chi connectivity index (χ1) is 16.7. The Morgan fingerprint density at radius 3 is 2.57 bits per heavy atom. The molecule has 0 bridgehead atoms. The number of anilines is 1. The summed E-state index contributed by atoms with van der Waals surface area (Å²) in [7, 11) is -3.13. The van der Waals surface area contributed by atoms with Crippen molar-refractivity contribution in [3.63, 3.8) is 0 Å². The molecule has 11 heteroatoms. The Balaban J connectivity index is 1.55. The zero-order valence-electron chi connectivity index (χ0n) is 19.6. The van der Waals surface area contributed by atoms with Gasteiger partial charge in [-0.05, 0) is 56.2 Å². The number of aryl methyl sites for hydroxylation is 1. The molecule has 1 aliphatic carbocycles. The van der Waals surface area contributed by atoms with Crippen LogP contribution in [-0.2, 0) is 22.8 Å². The zero-order valence-corrected chi connectivity index (χ0v) is 20.4. The number of carbonyl (C=O) groups is 1. The lowest BCUT2D eigenvalue weighted by Gasteiger charge is -2.34. The molecule has 1 fully saturated rings. The summed E-state index contributed by atoms with van der Waals surface area (Å²) in [6.07, 6.45) is 10.7. The van der Waals surface area contributed by atoms with E-state index in [1.54, 1.807) is 41.6 Å². The van der Waals surface area contributed by atoms with E-state index < -0.39 is 15.9 Å². The highest BCUT2D eigenvalue weighted by molar-refractivity contribution is 7.90. The van der Waals surface area contributed by atoms with Crippen molar-refractivity contribution < 1.29 is 23.1 Å². The van der Waals surface area contributed by atoms with Gasteiger partial charge in [0.15, 0.2) is 0 Å². The van der Waals surface area contributed by atoms with Gasteiger partial charge in [0.25, 0.3) is 0 Å². The third kappa shape index (κ3) is 5.00. The number of carboxylic acid groups (broad SMARTS) is 1. The molecule has 3 aromatic rings. The number of fused-ring (bicyclic) bond motifs is 1. The molecule has 1 atom stereocenters. The molecule has 0 radical (unpaired) electrons. The molecule has 5 rings (SSSR count). The van der Waals surface area contributed by atoms with E-state index in [0.29, 0.717) is 35.8 Å². The van der Waals surface area contributed by atoms with Gasteiger partial charge in [-0.3, -0.25) is 9.58 Å². The first kappa shape index (κ1) is 23.3. The van der Waals surface area contributed by atoms with Crippen molar-refractivity contribution >= 4 is 21.6 Å². The summed E-state index contributed by atoms with van der Waals surface area (Å²) in [6, 6.07) is 3.62. The Morgan fingerprint density at radius 1 is 1.17 bits per heavy atom. The lowest BCUT2D eigenvalue weighted by molar-refractivity contribution is 0.198. The highest BCUT2D eigenvalue weighted by atomic mass is 32.2. The standard InChI is InChI=1S/C24H27N5O5S/c1-15-3-6-20-21(29(15)24(30)31)8-7-19(18-13-27-28(14-18)9-10-35(2,32)33)22(20)34-23-25-11-17(12-26-23)16-4-5-16/h7-8,11-16H,3-6,9-10H2,1-2H3,(H,30,31)/t15-/m0/s1. The minimum atomic E-state index is -3.13. The number of aromatic nitrogens is 4. The van der Waals surface area contributed by atoms with E-state index in [2.05, 4.69) is 15.1 Å². The molecule has 3 heterocycles. The van der Waals surface area contributed by atoms with Gasteiger partial charge in [0.05, 0.1) is 24.2 Å². The van der Waals surface area contributed by atoms with Crippen molar-refractivity contribution in [2.45, 2.75) is 51.1 Å². The average molecular weight is 498 g/mol. The van der Waals surface area contributed by atoms with Crippen LogP contribution in [0.3, 0.4) is 0 Å². The molecule has 1 aliphatic heterocycles. The largest absolute Gasteiger partial charge is 0.465 e. The second kappa shape index (κ2) is 8.95. The second-order valence-electron chi connectivity index (χ2n) is 9.28. The second-order valence-corrected chi connectivity index (χ2v) is 11.5. The van der Waals surface area contributed by atoms with Crippen LogP contribution in [0.15, 0.2) is 36.9 Å². The van der Waals surface area contributed by atoms with Crippen LogP contribution in [0.25, 0.3) is 11.1 Å². The molecular formula is C24H27N5O5S. The number of hydrogen-bond donors (Lipinski definition) is 1. The maximum Gasteiger partial charge on any atom is 0.412 e. The third-order valence-corrected chi connectivity index (χ3v) is 7.40. The number of amides is 1. The number of benzene rings is 1. The SMILES string of the molecule is C[C@H]1CCc2c(ccc(-c3cnn(CCS(C)(=O)=O)c3)c2Oc2ncc(C3CC3)cn2)N1C(=O)O. The fraction of sp³-hybridized carbons (Fsp3) is 0.417. The van der Waals surface area contributed by atoms with Crippen molar-refractivity contribution in [3.05, 3.63) is 48.0 Å². The quantitative estimate of drug-likeness (QED) is 0.521. The summed E-state index contributed by atoms with van der Waals surface area (Å²) >= 11 is 0. The van der Waals surface area contributed by atoms with Gasteiger partial charge in [-0.15, -0.1) is 0 Å². The summed E-state index contributed by atoms with van der Waals surface area (Å²) in [4.78, 5) is 22.2.